The molecule has 0 amide bonds. The van der Waals surface area contributed by atoms with Gasteiger partial charge in [0, 0.05) is 51.5 Å². The minimum atomic E-state index is -0.167. The lowest BCUT2D eigenvalue weighted by Crippen LogP contribution is -2.36. The van der Waals surface area contributed by atoms with Crippen molar-refractivity contribution >= 4 is 17.3 Å². The highest BCUT2D eigenvalue weighted by atomic mass is 16.3. The highest BCUT2D eigenvalue weighted by Crippen LogP contribution is 2.26. The summed E-state index contributed by atoms with van der Waals surface area (Å²) in [5.74, 6) is 2.58. The van der Waals surface area contributed by atoms with Crippen LogP contribution in [0, 0.1) is 5.92 Å². The summed E-state index contributed by atoms with van der Waals surface area (Å²) < 4.78 is 0. The molecule has 2 saturated heterocycles. The molecule has 0 radical (unpaired) electrons. The van der Waals surface area contributed by atoms with E-state index < -0.39 is 0 Å². The van der Waals surface area contributed by atoms with Crippen LogP contribution >= 0.6 is 0 Å². The van der Waals surface area contributed by atoms with Crippen molar-refractivity contribution in [2.45, 2.75) is 25.4 Å². The molecule has 144 valence electrons. The van der Waals surface area contributed by atoms with Crippen molar-refractivity contribution in [3.63, 3.8) is 0 Å². The number of nitrogens with zero attached hydrogens (tertiary/aromatic N) is 5. The van der Waals surface area contributed by atoms with E-state index in [0.717, 1.165) is 57.2 Å². The normalized spacial score (nSPS) is 20.9. The maximum atomic E-state index is 9.71. The standard InChI is InChI=1S/C21H29N5O/c1-24(14-17-7-10-26(15-17)18-5-3-2-4-6-18)20-13-21(23-16-22-20)25-11-8-19(27)9-12-25/h2-6,13,16-17,19,27H,7-12,14-15H2,1H3. The van der Waals surface area contributed by atoms with Gasteiger partial charge >= 0.3 is 0 Å². The Balaban J connectivity index is 1.36. The molecule has 1 N–H and O–H groups in total. The fourth-order valence-electron chi connectivity index (χ4n) is 4.15. The second kappa shape index (κ2) is 8.13. The van der Waals surface area contributed by atoms with Gasteiger partial charge in [-0.15, -0.1) is 0 Å². The van der Waals surface area contributed by atoms with E-state index in [1.165, 1.54) is 12.1 Å². The Morgan fingerprint density at radius 1 is 1.04 bits per heavy atom. The van der Waals surface area contributed by atoms with E-state index in [0.29, 0.717) is 5.92 Å². The van der Waals surface area contributed by atoms with Gasteiger partial charge in [-0.1, -0.05) is 18.2 Å². The van der Waals surface area contributed by atoms with E-state index in [1.807, 2.05) is 0 Å². The molecule has 6 heteroatoms. The molecule has 1 aromatic heterocycles. The largest absolute Gasteiger partial charge is 0.393 e. The van der Waals surface area contributed by atoms with Gasteiger partial charge in [-0.25, -0.2) is 9.97 Å². The Kier molecular flexibility index (Phi) is 5.43. The van der Waals surface area contributed by atoms with Gasteiger partial charge in [0.1, 0.15) is 18.0 Å². The first-order valence-corrected chi connectivity index (χ1v) is 9.95. The molecule has 0 bridgehead atoms. The Hall–Kier alpha value is -2.34. The number of rotatable bonds is 5. The molecule has 0 aliphatic carbocycles. The average molecular weight is 367 g/mol. The van der Waals surface area contributed by atoms with Crippen molar-refractivity contribution in [2.24, 2.45) is 5.92 Å². The van der Waals surface area contributed by atoms with Crippen molar-refractivity contribution < 1.29 is 5.11 Å². The third-order valence-electron chi connectivity index (χ3n) is 5.76. The van der Waals surface area contributed by atoms with E-state index >= 15 is 0 Å². The summed E-state index contributed by atoms with van der Waals surface area (Å²) in [6.45, 7) is 4.93. The Labute approximate surface area is 161 Å². The van der Waals surface area contributed by atoms with Crippen LogP contribution in [0.15, 0.2) is 42.7 Å². The first kappa shape index (κ1) is 18.0. The summed E-state index contributed by atoms with van der Waals surface area (Å²) in [5, 5.41) is 9.71. The van der Waals surface area contributed by atoms with Gasteiger partial charge in [-0.05, 0) is 37.3 Å². The molecule has 3 heterocycles. The minimum Gasteiger partial charge on any atom is -0.393 e. The second-order valence-electron chi connectivity index (χ2n) is 7.77. The molecule has 0 saturated carbocycles. The van der Waals surface area contributed by atoms with Crippen molar-refractivity contribution in [1.29, 1.82) is 0 Å². The molecule has 4 rings (SSSR count). The number of benzene rings is 1. The van der Waals surface area contributed by atoms with Crippen molar-refractivity contribution in [3.05, 3.63) is 42.7 Å². The maximum Gasteiger partial charge on any atom is 0.134 e. The van der Waals surface area contributed by atoms with Gasteiger partial charge in [0.15, 0.2) is 0 Å². The number of anilines is 3. The number of hydrogen-bond donors (Lipinski definition) is 1. The molecule has 0 spiro atoms. The van der Waals surface area contributed by atoms with Crippen LogP contribution in [0.4, 0.5) is 17.3 Å². The summed E-state index contributed by atoms with van der Waals surface area (Å²) in [5.41, 5.74) is 1.32. The van der Waals surface area contributed by atoms with Gasteiger partial charge < -0.3 is 19.8 Å². The zero-order chi connectivity index (χ0) is 18.6. The predicted molar refractivity (Wildman–Crippen MR) is 110 cm³/mol. The maximum absolute atomic E-state index is 9.71. The Morgan fingerprint density at radius 2 is 1.78 bits per heavy atom. The lowest BCUT2D eigenvalue weighted by Gasteiger charge is -2.31. The zero-order valence-electron chi connectivity index (χ0n) is 16.0. The third kappa shape index (κ3) is 4.33. The molecule has 2 aromatic rings. The van der Waals surface area contributed by atoms with Crippen LogP contribution in [0.3, 0.4) is 0 Å². The Bertz CT molecular complexity index is 732. The number of para-hydroxylation sites is 1. The fraction of sp³-hybridized carbons (Fsp3) is 0.524. The molecule has 2 aliphatic heterocycles. The van der Waals surface area contributed by atoms with Gasteiger partial charge in [-0.3, -0.25) is 0 Å². The molecule has 6 nitrogen and oxygen atoms in total. The lowest BCUT2D eigenvalue weighted by molar-refractivity contribution is 0.145. The van der Waals surface area contributed by atoms with Crippen molar-refractivity contribution in [1.82, 2.24) is 9.97 Å². The first-order chi connectivity index (χ1) is 13.2. The fourth-order valence-corrected chi connectivity index (χ4v) is 4.15. The summed E-state index contributed by atoms with van der Waals surface area (Å²) in [6.07, 6.45) is 4.33. The van der Waals surface area contributed by atoms with E-state index in [-0.39, 0.29) is 6.10 Å². The van der Waals surface area contributed by atoms with Gasteiger partial charge in [0.25, 0.3) is 0 Å². The highest BCUT2D eigenvalue weighted by Gasteiger charge is 2.25. The highest BCUT2D eigenvalue weighted by molar-refractivity contribution is 5.50. The average Bonchev–Trinajstić information content (AvgIpc) is 3.18. The topological polar surface area (TPSA) is 55.7 Å². The molecular weight excluding hydrogens is 338 g/mol. The lowest BCUT2D eigenvalue weighted by atomic mass is 10.1. The van der Waals surface area contributed by atoms with E-state index in [1.54, 1.807) is 6.33 Å². The van der Waals surface area contributed by atoms with E-state index in [9.17, 15) is 5.11 Å². The smallest absolute Gasteiger partial charge is 0.134 e. The number of aliphatic hydroxyl groups is 1. The number of piperidine rings is 1. The zero-order valence-corrected chi connectivity index (χ0v) is 16.0. The van der Waals surface area contributed by atoms with Gasteiger partial charge in [0.2, 0.25) is 0 Å². The summed E-state index contributed by atoms with van der Waals surface area (Å²) in [7, 11) is 2.12. The van der Waals surface area contributed by atoms with Crippen LogP contribution < -0.4 is 14.7 Å². The summed E-state index contributed by atoms with van der Waals surface area (Å²) in [6, 6.07) is 12.8. The molecule has 1 atom stereocenters. The van der Waals surface area contributed by atoms with Gasteiger partial charge in [0.05, 0.1) is 6.10 Å². The molecule has 1 unspecified atom stereocenters. The van der Waals surface area contributed by atoms with Crippen molar-refractivity contribution in [3.8, 4) is 0 Å². The second-order valence-corrected chi connectivity index (χ2v) is 7.77. The molecule has 2 fully saturated rings. The van der Waals surface area contributed by atoms with Crippen LogP contribution in [0.2, 0.25) is 0 Å². The van der Waals surface area contributed by atoms with E-state index in [4.69, 9.17) is 0 Å². The number of aliphatic hydroxyl groups excluding tert-OH is 1. The summed E-state index contributed by atoms with van der Waals surface area (Å²) >= 11 is 0. The van der Waals surface area contributed by atoms with Gasteiger partial charge in [-0.2, -0.15) is 0 Å². The van der Waals surface area contributed by atoms with Crippen molar-refractivity contribution in [2.75, 3.05) is 54.5 Å². The quantitative estimate of drug-likeness (QED) is 0.876. The van der Waals surface area contributed by atoms with Crippen LogP contribution in [0.5, 0.6) is 0 Å². The molecular formula is C21H29N5O. The van der Waals surface area contributed by atoms with Crippen LogP contribution in [0.25, 0.3) is 0 Å². The number of aromatic nitrogens is 2. The molecule has 2 aliphatic rings. The van der Waals surface area contributed by atoms with Crippen LogP contribution in [-0.4, -0.2) is 60.9 Å². The monoisotopic (exact) mass is 367 g/mol. The van der Waals surface area contributed by atoms with Crippen LogP contribution in [-0.2, 0) is 0 Å². The first-order valence-electron chi connectivity index (χ1n) is 9.95. The summed E-state index contributed by atoms with van der Waals surface area (Å²) in [4.78, 5) is 15.9. The SMILES string of the molecule is CN(CC1CCN(c2ccccc2)C1)c1cc(N2CCC(O)CC2)ncn1. The predicted octanol–water partition coefficient (Wildman–Crippen LogP) is 2.40. The molecule has 27 heavy (non-hydrogen) atoms. The number of hydrogen-bond acceptors (Lipinski definition) is 6. The van der Waals surface area contributed by atoms with E-state index in [2.05, 4.69) is 68.1 Å². The third-order valence-corrected chi connectivity index (χ3v) is 5.76. The Morgan fingerprint density at radius 3 is 2.56 bits per heavy atom. The minimum absolute atomic E-state index is 0.167. The van der Waals surface area contributed by atoms with Crippen LogP contribution in [0.1, 0.15) is 19.3 Å². The molecule has 1 aromatic carbocycles.